The van der Waals surface area contributed by atoms with E-state index in [2.05, 4.69) is 34.6 Å². The monoisotopic (exact) mass is 1650 g/mol. The first-order valence-corrected chi connectivity index (χ1v) is 51.6. The third kappa shape index (κ3) is 87.7. The fourth-order valence-corrected chi connectivity index (χ4v) is 16.5. The van der Waals surface area contributed by atoms with Gasteiger partial charge in [0.15, 0.2) is 12.2 Å². The van der Waals surface area contributed by atoms with E-state index in [-0.39, 0.29) is 25.7 Å². The van der Waals surface area contributed by atoms with Crippen LogP contribution in [0.4, 0.5) is 0 Å². The maximum absolute atomic E-state index is 13.2. The number of phosphoric ester groups is 2. The highest BCUT2D eigenvalue weighted by Gasteiger charge is 2.31. The van der Waals surface area contributed by atoms with Gasteiger partial charge < -0.3 is 33.8 Å². The number of esters is 4. The Labute approximate surface area is 696 Å². The van der Waals surface area contributed by atoms with Crippen LogP contribution in [-0.2, 0) is 65.4 Å². The predicted octanol–water partition coefficient (Wildman–Crippen LogP) is 29.5. The summed E-state index contributed by atoms with van der Waals surface area (Å²) in [7, 11) is -9.94. The second kappa shape index (κ2) is 86.4. The van der Waals surface area contributed by atoms with Gasteiger partial charge in [-0.15, -0.1) is 0 Å². The zero-order valence-corrected chi connectivity index (χ0v) is 76.3. The minimum atomic E-state index is -4.97. The van der Waals surface area contributed by atoms with Crippen LogP contribution in [0.25, 0.3) is 0 Å². The minimum Gasteiger partial charge on any atom is -0.462 e. The van der Waals surface area contributed by atoms with Crippen molar-refractivity contribution in [1.82, 2.24) is 0 Å². The summed E-state index contributed by atoms with van der Waals surface area (Å²) >= 11 is 0. The van der Waals surface area contributed by atoms with Gasteiger partial charge in [0.05, 0.1) is 26.4 Å². The summed E-state index contributed by atoms with van der Waals surface area (Å²) in [4.78, 5) is 73.5. The SMILES string of the molecule is CCCCCCCCCCCCCCCCCCCCCCCCC(=O)O[C@H](COC(=O)CCCCCCCCCCCCCCCCCCC(C)C)COP(=O)(O)OC[C@@H](O)COP(=O)(O)OC[C@@H](COC(=O)CCCCCCCCCCCCCCC)OC(=O)CCCCCCCCCCCCCCCCCCCCC. The van der Waals surface area contributed by atoms with E-state index in [1.807, 2.05) is 0 Å². The molecule has 0 aromatic carbocycles. The number of ether oxygens (including phenoxy) is 4. The van der Waals surface area contributed by atoms with Crippen molar-refractivity contribution in [3.63, 3.8) is 0 Å². The van der Waals surface area contributed by atoms with Crippen LogP contribution in [0.15, 0.2) is 0 Å². The first-order valence-electron chi connectivity index (χ1n) is 48.6. The summed E-state index contributed by atoms with van der Waals surface area (Å²) in [5.41, 5.74) is 0. The van der Waals surface area contributed by atoms with Gasteiger partial charge in [-0.05, 0) is 31.6 Å². The van der Waals surface area contributed by atoms with E-state index < -0.39 is 97.5 Å². The fraction of sp³-hybridized carbons (Fsp3) is 0.957. The molecule has 0 saturated carbocycles. The molecule has 113 heavy (non-hydrogen) atoms. The van der Waals surface area contributed by atoms with Gasteiger partial charge in [0.1, 0.15) is 19.3 Å². The highest BCUT2D eigenvalue weighted by Crippen LogP contribution is 2.45. The molecule has 2 unspecified atom stereocenters. The van der Waals surface area contributed by atoms with E-state index in [4.69, 9.17) is 37.0 Å². The van der Waals surface area contributed by atoms with Crippen LogP contribution in [0.1, 0.15) is 516 Å². The van der Waals surface area contributed by atoms with Crippen LogP contribution in [0.3, 0.4) is 0 Å². The summed E-state index contributed by atoms with van der Waals surface area (Å²) in [5.74, 6) is -1.28. The number of hydrogen-bond acceptors (Lipinski definition) is 15. The summed E-state index contributed by atoms with van der Waals surface area (Å²) in [6.45, 7) is 7.45. The van der Waals surface area contributed by atoms with Crippen LogP contribution in [0.5, 0.6) is 0 Å². The Bertz CT molecular complexity index is 2140. The Hall–Kier alpha value is -1.94. The zero-order chi connectivity index (χ0) is 82.6. The molecule has 0 aliphatic rings. The number of phosphoric acid groups is 2. The van der Waals surface area contributed by atoms with Crippen LogP contribution < -0.4 is 0 Å². The summed E-state index contributed by atoms with van der Waals surface area (Å²) < 4.78 is 69.2. The molecule has 17 nitrogen and oxygen atoms in total. The molecule has 672 valence electrons. The first-order chi connectivity index (χ1) is 55.0. The number of carbonyl (C=O) groups is 4. The molecular formula is C94H184O17P2. The second-order valence-corrected chi connectivity index (χ2v) is 37.1. The Morgan fingerprint density at radius 1 is 0.239 bits per heavy atom. The van der Waals surface area contributed by atoms with Gasteiger partial charge in [-0.1, -0.05) is 465 Å². The summed E-state index contributed by atoms with van der Waals surface area (Å²) in [5, 5.41) is 10.7. The highest BCUT2D eigenvalue weighted by atomic mass is 31.2. The lowest BCUT2D eigenvalue weighted by Crippen LogP contribution is -2.30. The largest absolute Gasteiger partial charge is 0.472 e. The lowest BCUT2D eigenvalue weighted by molar-refractivity contribution is -0.161. The van der Waals surface area contributed by atoms with Crippen molar-refractivity contribution >= 4 is 39.5 Å². The van der Waals surface area contributed by atoms with Gasteiger partial charge in [0, 0.05) is 25.7 Å². The van der Waals surface area contributed by atoms with E-state index in [1.54, 1.807) is 0 Å². The summed E-state index contributed by atoms with van der Waals surface area (Å²) in [6, 6.07) is 0. The van der Waals surface area contributed by atoms with E-state index in [0.717, 1.165) is 95.8 Å². The Balaban J connectivity index is 5.25. The molecule has 0 rings (SSSR count). The molecule has 0 aromatic heterocycles. The molecule has 0 heterocycles. The molecule has 0 aliphatic carbocycles. The van der Waals surface area contributed by atoms with E-state index in [0.29, 0.717) is 25.7 Å². The lowest BCUT2D eigenvalue weighted by atomic mass is 10.0. The maximum atomic E-state index is 13.2. The third-order valence-corrected chi connectivity index (χ3v) is 24.2. The molecule has 0 fully saturated rings. The van der Waals surface area contributed by atoms with Crippen LogP contribution in [-0.4, -0.2) is 96.7 Å². The number of aliphatic hydroxyl groups excluding tert-OH is 1. The molecule has 0 amide bonds. The van der Waals surface area contributed by atoms with Crippen molar-refractivity contribution in [3.8, 4) is 0 Å². The molecular weight excluding hydrogens is 1460 g/mol. The fourth-order valence-electron chi connectivity index (χ4n) is 14.9. The quantitative estimate of drug-likeness (QED) is 0.0222. The molecule has 5 atom stereocenters. The highest BCUT2D eigenvalue weighted by molar-refractivity contribution is 7.47. The number of rotatable bonds is 94. The molecule has 19 heteroatoms. The van der Waals surface area contributed by atoms with Gasteiger partial charge in [0.25, 0.3) is 0 Å². The van der Waals surface area contributed by atoms with E-state index in [9.17, 15) is 43.2 Å². The number of unbranched alkanes of at least 4 members (excludes halogenated alkanes) is 66. The Kier molecular flexibility index (Phi) is 85.0. The zero-order valence-electron chi connectivity index (χ0n) is 74.5. The van der Waals surface area contributed by atoms with Crippen molar-refractivity contribution in [3.05, 3.63) is 0 Å². The van der Waals surface area contributed by atoms with Gasteiger partial charge in [0.2, 0.25) is 0 Å². The van der Waals surface area contributed by atoms with Crippen molar-refractivity contribution in [2.24, 2.45) is 5.92 Å². The molecule has 0 radical (unpaired) electrons. The van der Waals surface area contributed by atoms with Gasteiger partial charge >= 0.3 is 39.5 Å². The van der Waals surface area contributed by atoms with Gasteiger partial charge in [-0.25, -0.2) is 9.13 Å². The second-order valence-electron chi connectivity index (χ2n) is 34.2. The van der Waals surface area contributed by atoms with Gasteiger partial charge in [-0.2, -0.15) is 0 Å². The van der Waals surface area contributed by atoms with Crippen LogP contribution in [0, 0.1) is 5.92 Å². The lowest BCUT2D eigenvalue weighted by Gasteiger charge is -2.21. The normalized spacial score (nSPS) is 13.6. The van der Waals surface area contributed by atoms with Crippen molar-refractivity contribution < 1.29 is 80.2 Å². The molecule has 0 spiro atoms. The molecule has 0 saturated heterocycles. The predicted molar refractivity (Wildman–Crippen MR) is 469 cm³/mol. The molecule has 0 aliphatic heterocycles. The van der Waals surface area contributed by atoms with Crippen molar-refractivity contribution in [1.29, 1.82) is 0 Å². The van der Waals surface area contributed by atoms with E-state index in [1.165, 1.54) is 340 Å². The van der Waals surface area contributed by atoms with E-state index >= 15 is 0 Å². The van der Waals surface area contributed by atoms with Gasteiger partial charge in [-0.3, -0.25) is 37.3 Å². The Morgan fingerprint density at radius 3 is 0.602 bits per heavy atom. The number of carbonyl (C=O) groups excluding carboxylic acids is 4. The number of aliphatic hydroxyl groups is 1. The van der Waals surface area contributed by atoms with Crippen LogP contribution >= 0.6 is 15.6 Å². The third-order valence-electron chi connectivity index (χ3n) is 22.3. The molecule has 0 aromatic rings. The minimum absolute atomic E-state index is 0.110. The molecule has 0 bridgehead atoms. The first kappa shape index (κ1) is 111. The van der Waals surface area contributed by atoms with Crippen molar-refractivity contribution in [2.45, 2.75) is 534 Å². The standard InChI is InChI=1S/C94H184O17P2/c1-6-9-12-15-18-21-24-27-29-31-33-34-35-37-39-45-50-55-60-65-70-75-80-94(99)111-90(84-105-92(97)78-73-68-63-58-53-48-43-41-40-42-47-51-56-61-66-71-76-87(4)5)86-109-113(102,103)107-82-88(95)81-106-112(100,101)108-85-89(83-104-91(96)77-72-67-62-57-52-46-26-23-20-17-14-11-8-3)110-93(98)79-74-69-64-59-54-49-44-38-36-32-30-28-25-22-19-16-13-10-7-2/h87-90,95H,6-86H2,1-5H3,(H,100,101)(H,102,103)/t88-,89+,90+/m0/s1. The smallest absolute Gasteiger partial charge is 0.462 e. The topological polar surface area (TPSA) is 237 Å². The average molecular weight is 1650 g/mol. The maximum Gasteiger partial charge on any atom is 0.472 e. The van der Waals surface area contributed by atoms with Crippen molar-refractivity contribution in [2.75, 3.05) is 39.6 Å². The average Bonchev–Trinajstić information content (AvgIpc) is 0.952. The molecule has 3 N–H and O–H groups in total. The Morgan fingerprint density at radius 2 is 0.407 bits per heavy atom. The van der Waals surface area contributed by atoms with Crippen LogP contribution in [0.2, 0.25) is 0 Å². The summed E-state index contributed by atoms with van der Waals surface area (Å²) in [6.07, 6.45) is 83.4. The number of hydrogen-bond donors (Lipinski definition) is 3.